The van der Waals surface area contributed by atoms with Gasteiger partial charge >= 0.3 is 0 Å². The number of fused-ring (bicyclic) bond motifs is 1. The Morgan fingerprint density at radius 1 is 1.15 bits per heavy atom. The molecule has 108 valence electrons. The Balaban J connectivity index is 1.99. The van der Waals surface area contributed by atoms with Crippen LogP contribution in [0.3, 0.4) is 0 Å². The van der Waals surface area contributed by atoms with E-state index >= 15 is 0 Å². The summed E-state index contributed by atoms with van der Waals surface area (Å²) in [5.74, 6) is 0.643. The van der Waals surface area contributed by atoms with Crippen LogP contribution < -0.4 is 10.0 Å². The number of rotatable bonds is 6. The second-order valence-electron chi connectivity index (χ2n) is 4.33. The van der Waals surface area contributed by atoms with Gasteiger partial charge in [-0.2, -0.15) is 0 Å². The molecule has 0 aliphatic rings. The Labute approximate surface area is 122 Å². The first kappa shape index (κ1) is 15.0. The molecule has 0 bridgehead atoms. The van der Waals surface area contributed by atoms with Crippen molar-refractivity contribution in [3.63, 3.8) is 0 Å². The number of nitrogens with zero attached hydrogens (tertiary/aromatic N) is 2. The maximum Gasteiger partial charge on any atom is 0.208 e. The average Bonchev–Trinajstić information content (AvgIpc) is 2.40. The molecule has 0 saturated carbocycles. The van der Waals surface area contributed by atoms with Crippen LogP contribution in [-0.4, -0.2) is 38.0 Å². The smallest absolute Gasteiger partial charge is 0.208 e. The van der Waals surface area contributed by atoms with Gasteiger partial charge < -0.3 is 5.32 Å². The molecule has 20 heavy (non-hydrogen) atoms. The summed E-state index contributed by atoms with van der Waals surface area (Å²) in [6, 6.07) is 7.57. The van der Waals surface area contributed by atoms with Crippen LogP contribution in [0.2, 0.25) is 5.15 Å². The van der Waals surface area contributed by atoms with Crippen molar-refractivity contribution < 1.29 is 8.42 Å². The van der Waals surface area contributed by atoms with Crippen LogP contribution in [0.25, 0.3) is 10.8 Å². The zero-order valence-electron chi connectivity index (χ0n) is 10.9. The number of halogens is 1. The molecule has 0 saturated heterocycles. The summed E-state index contributed by atoms with van der Waals surface area (Å²) in [6.07, 6.45) is 1.78. The summed E-state index contributed by atoms with van der Waals surface area (Å²) in [5, 5.41) is 13.1. The molecule has 1 aromatic heterocycles. The minimum absolute atomic E-state index is 0.366. The van der Waals surface area contributed by atoms with Crippen molar-refractivity contribution in [2.24, 2.45) is 0 Å². The summed E-state index contributed by atoms with van der Waals surface area (Å²) in [6.45, 7) is 0.966. The molecule has 1 aromatic carbocycles. The summed E-state index contributed by atoms with van der Waals surface area (Å²) < 4.78 is 24.2. The van der Waals surface area contributed by atoms with Crippen LogP contribution in [0.15, 0.2) is 24.3 Å². The molecule has 2 rings (SSSR count). The zero-order valence-corrected chi connectivity index (χ0v) is 12.5. The minimum atomic E-state index is -3.13. The van der Waals surface area contributed by atoms with Crippen LogP contribution in [0.4, 0.5) is 5.82 Å². The fourth-order valence-corrected chi connectivity index (χ4v) is 2.47. The molecule has 0 fully saturated rings. The molecule has 0 atom stereocenters. The van der Waals surface area contributed by atoms with Crippen LogP contribution in [0.5, 0.6) is 0 Å². The highest BCUT2D eigenvalue weighted by Gasteiger charge is 2.06. The number of anilines is 1. The summed E-state index contributed by atoms with van der Waals surface area (Å²) in [4.78, 5) is 0. The van der Waals surface area contributed by atoms with E-state index < -0.39 is 10.0 Å². The molecule has 0 aliphatic heterocycles. The maximum atomic E-state index is 10.9. The fourth-order valence-electron chi connectivity index (χ4n) is 1.75. The Bertz CT molecular complexity index is 706. The summed E-state index contributed by atoms with van der Waals surface area (Å²) >= 11 is 5.98. The van der Waals surface area contributed by atoms with Gasteiger partial charge in [-0.3, -0.25) is 0 Å². The second kappa shape index (κ2) is 6.34. The Morgan fingerprint density at radius 3 is 2.55 bits per heavy atom. The van der Waals surface area contributed by atoms with Gasteiger partial charge in [0.2, 0.25) is 10.0 Å². The molecule has 0 unspecified atom stereocenters. The summed E-state index contributed by atoms with van der Waals surface area (Å²) in [5.41, 5.74) is 0. The number of hydrogen-bond acceptors (Lipinski definition) is 5. The largest absolute Gasteiger partial charge is 0.368 e. The fraction of sp³-hybridized carbons (Fsp3) is 0.333. The monoisotopic (exact) mass is 314 g/mol. The number of hydrogen-bond donors (Lipinski definition) is 2. The highest BCUT2D eigenvalue weighted by molar-refractivity contribution is 7.88. The van der Waals surface area contributed by atoms with Gasteiger partial charge in [-0.1, -0.05) is 35.9 Å². The standard InChI is InChI=1S/C12H15ClN4O2S/c1-20(18,19)15-8-4-7-14-12-10-6-3-2-5-9(10)11(13)16-17-12/h2-3,5-6,15H,4,7-8H2,1H3,(H,14,17). The van der Waals surface area contributed by atoms with Gasteiger partial charge in [-0.25, -0.2) is 13.1 Å². The highest BCUT2D eigenvalue weighted by atomic mass is 35.5. The van der Waals surface area contributed by atoms with Gasteiger partial charge in [0.15, 0.2) is 11.0 Å². The molecule has 8 heteroatoms. The van der Waals surface area contributed by atoms with E-state index in [0.717, 1.165) is 17.0 Å². The van der Waals surface area contributed by atoms with Crippen molar-refractivity contribution in [1.82, 2.24) is 14.9 Å². The lowest BCUT2D eigenvalue weighted by molar-refractivity contribution is 0.586. The molecular weight excluding hydrogens is 300 g/mol. The number of benzene rings is 1. The third kappa shape index (κ3) is 4.03. The maximum absolute atomic E-state index is 10.9. The first-order chi connectivity index (χ1) is 9.47. The number of aromatic nitrogens is 2. The van der Waals surface area contributed by atoms with Crippen molar-refractivity contribution in [3.8, 4) is 0 Å². The molecule has 0 aliphatic carbocycles. The van der Waals surface area contributed by atoms with E-state index in [4.69, 9.17) is 11.6 Å². The molecule has 0 amide bonds. The van der Waals surface area contributed by atoms with Crippen LogP contribution in [0.1, 0.15) is 6.42 Å². The van der Waals surface area contributed by atoms with Gasteiger partial charge in [0, 0.05) is 23.9 Å². The predicted molar refractivity (Wildman–Crippen MR) is 80.5 cm³/mol. The Kier molecular flexibility index (Phi) is 4.74. The predicted octanol–water partition coefficient (Wildman–Crippen LogP) is 1.63. The minimum Gasteiger partial charge on any atom is -0.368 e. The van der Waals surface area contributed by atoms with E-state index in [2.05, 4.69) is 20.2 Å². The van der Waals surface area contributed by atoms with E-state index in [0.29, 0.717) is 30.5 Å². The van der Waals surface area contributed by atoms with E-state index in [1.807, 2.05) is 24.3 Å². The Hall–Kier alpha value is -1.44. The van der Waals surface area contributed by atoms with E-state index in [1.165, 1.54) is 0 Å². The van der Waals surface area contributed by atoms with E-state index in [9.17, 15) is 8.42 Å². The lowest BCUT2D eigenvalue weighted by atomic mass is 10.2. The lowest BCUT2D eigenvalue weighted by Crippen LogP contribution is -2.24. The molecule has 0 radical (unpaired) electrons. The van der Waals surface area contributed by atoms with Gasteiger partial charge in [-0.05, 0) is 6.42 Å². The third-order valence-electron chi connectivity index (χ3n) is 2.65. The van der Waals surface area contributed by atoms with Crippen molar-refractivity contribution >= 4 is 38.2 Å². The lowest BCUT2D eigenvalue weighted by Gasteiger charge is -2.08. The highest BCUT2D eigenvalue weighted by Crippen LogP contribution is 2.25. The van der Waals surface area contributed by atoms with Gasteiger partial charge in [0.25, 0.3) is 0 Å². The topological polar surface area (TPSA) is 84.0 Å². The molecule has 0 spiro atoms. The van der Waals surface area contributed by atoms with Gasteiger partial charge in [-0.15, -0.1) is 10.2 Å². The quantitative estimate of drug-likeness (QED) is 0.792. The van der Waals surface area contributed by atoms with Gasteiger partial charge in [0.05, 0.1) is 6.26 Å². The van der Waals surface area contributed by atoms with Crippen molar-refractivity contribution in [1.29, 1.82) is 0 Å². The zero-order chi connectivity index (χ0) is 14.6. The number of sulfonamides is 1. The molecule has 1 heterocycles. The average molecular weight is 315 g/mol. The van der Waals surface area contributed by atoms with Crippen LogP contribution in [0, 0.1) is 0 Å². The number of nitrogens with one attached hydrogen (secondary N) is 2. The van der Waals surface area contributed by atoms with Crippen molar-refractivity contribution in [3.05, 3.63) is 29.4 Å². The van der Waals surface area contributed by atoms with E-state index in [-0.39, 0.29) is 0 Å². The first-order valence-corrected chi connectivity index (χ1v) is 8.34. The Morgan fingerprint density at radius 2 is 1.85 bits per heavy atom. The summed E-state index contributed by atoms with van der Waals surface area (Å²) in [7, 11) is -3.13. The molecule has 2 N–H and O–H groups in total. The second-order valence-corrected chi connectivity index (χ2v) is 6.52. The van der Waals surface area contributed by atoms with Gasteiger partial charge in [0.1, 0.15) is 0 Å². The molecule has 2 aromatic rings. The normalized spacial score (nSPS) is 11.7. The molecule has 6 nitrogen and oxygen atoms in total. The van der Waals surface area contributed by atoms with Crippen LogP contribution in [-0.2, 0) is 10.0 Å². The SMILES string of the molecule is CS(=O)(=O)NCCCNc1nnc(Cl)c2ccccc12. The first-order valence-electron chi connectivity index (χ1n) is 6.07. The van der Waals surface area contributed by atoms with Crippen LogP contribution >= 0.6 is 11.6 Å². The van der Waals surface area contributed by atoms with Crippen molar-refractivity contribution in [2.45, 2.75) is 6.42 Å². The molecular formula is C12H15ClN4O2S. The van der Waals surface area contributed by atoms with E-state index in [1.54, 1.807) is 0 Å². The van der Waals surface area contributed by atoms with Crippen molar-refractivity contribution in [2.75, 3.05) is 24.7 Å². The third-order valence-corrected chi connectivity index (χ3v) is 3.66.